The van der Waals surface area contributed by atoms with Gasteiger partial charge in [0.15, 0.2) is 0 Å². The van der Waals surface area contributed by atoms with Crippen molar-refractivity contribution < 1.29 is 4.79 Å². The van der Waals surface area contributed by atoms with Crippen molar-refractivity contribution in [2.45, 2.75) is 33.4 Å². The summed E-state index contributed by atoms with van der Waals surface area (Å²) in [6, 6.07) is 9.69. The molecule has 144 valence electrons. The van der Waals surface area contributed by atoms with Gasteiger partial charge in [-0.25, -0.2) is 0 Å². The minimum Gasteiger partial charge on any atom is -0.371 e. The lowest BCUT2D eigenvalue weighted by Crippen LogP contribution is -2.48. The molecule has 0 radical (unpaired) electrons. The number of carbonyl (C=O) groups excluding carboxylic acids is 1. The molecule has 0 saturated carbocycles. The van der Waals surface area contributed by atoms with Crippen molar-refractivity contribution in [2.24, 2.45) is 13.0 Å². The van der Waals surface area contributed by atoms with Gasteiger partial charge < -0.3 is 14.4 Å². The molecular formula is C22H24N4O2. The fourth-order valence-electron chi connectivity index (χ4n) is 4.23. The molecule has 0 atom stereocenters. The molecule has 1 amide bonds. The lowest BCUT2D eigenvalue weighted by atomic mass is 9.94. The number of nitrogens with zero attached hydrogens (tertiary/aromatic N) is 4. The van der Waals surface area contributed by atoms with E-state index in [1.165, 1.54) is 0 Å². The number of rotatable bonds is 3. The number of anilines is 1. The molecule has 1 saturated heterocycles. The van der Waals surface area contributed by atoms with Crippen molar-refractivity contribution in [3.63, 3.8) is 0 Å². The third kappa shape index (κ3) is 2.97. The lowest BCUT2D eigenvalue weighted by Gasteiger charge is -2.41. The predicted octanol–water partition coefficient (Wildman–Crippen LogP) is 2.24. The van der Waals surface area contributed by atoms with Crippen molar-refractivity contribution in [3.05, 3.63) is 62.6 Å². The monoisotopic (exact) mass is 376 g/mol. The van der Waals surface area contributed by atoms with Gasteiger partial charge in [-0.1, -0.05) is 0 Å². The molecule has 2 aromatic rings. The summed E-state index contributed by atoms with van der Waals surface area (Å²) in [6.07, 6.45) is 0.534. The summed E-state index contributed by atoms with van der Waals surface area (Å²) in [5, 5.41) is 8.89. The van der Waals surface area contributed by atoms with Gasteiger partial charge in [0.05, 0.1) is 18.2 Å². The topological polar surface area (TPSA) is 69.3 Å². The van der Waals surface area contributed by atoms with Gasteiger partial charge in [-0.2, -0.15) is 5.26 Å². The Morgan fingerprint density at radius 1 is 1.14 bits per heavy atom. The van der Waals surface area contributed by atoms with Gasteiger partial charge in [0.25, 0.3) is 5.56 Å². The van der Waals surface area contributed by atoms with Crippen molar-refractivity contribution in [1.29, 1.82) is 5.26 Å². The van der Waals surface area contributed by atoms with Gasteiger partial charge in [-0.15, -0.1) is 0 Å². The number of amides is 1. The Morgan fingerprint density at radius 3 is 2.46 bits per heavy atom. The molecule has 4 rings (SSSR count). The average molecular weight is 376 g/mol. The van der Waals surface area contributed by atoms with Crippen LogP contribution >= 0.6 is 0 Å². The largest absolute Gasteiger partial charge is 0.371 e. The van der Waals surface area contributed by atoms with Gasteiger partial charge in [0, 0.05) is 56.0 Å². The van der Waals surface area contributed by atoms with Crippen LogP contribution < -0.4 is 10.5 Å². The Balaban J connectivity index is 1.37. The molecule has 0 bridgehead atoms. The van der Waals surface area contributed by atoms with Crippen molar-refractivity contribution in [2.75, 3.05) is 18.0 Å². The predicted molar refractivity (Wildman–Crippen MR) is 107 cm³/mol. The summed E-state index contributed by atoms with van der Waals surface area (Å²) >= 11 is 0. The Bertz CT molecular complexity index is 1040. The van der Waals surface area contributed by atoms with Crippen LogP contribution in [0.1, 0.15) is 34.4 Å². The van der Waals surface area contributed by atoms with E-state index in [1.807, 2.05) is 43.0 Å². The molecule has 6 heteroatoms. The first-order valence-corrected chi connectivity index (χ1v) is 9.60. The molecule has 0 spiro atoms. The lowest BCUT2D eigenvalue weighted by molar-refractivity contribution is -0.133. The standard InChI is InChI=1S/C22H24N4O2/c1-14-15(2)22(28)24(3)20-13-26(12-19(14)20)21(27)8-17-10-25(11-17)18-6-4-16(9-23)5-7-18/h4-7,17H,8,10-13H2,1-3H3. The first kappa shape index (κ1) is 18.3. The summed E-state index contributed by atoms with van der Waals surface area (Å²) in [7, 11) is 1.79. The first-order chi connectivity index (χ1) is 13.4. The van der Waals surface area contributed by atoms with Gasteiger partial charge in [0.1, 0.15) is 0 Å². The smallest absolute Gasteiger partial charge is 0.253 e. The normalized spacial score (nSPS) is 15.9. The highest BCUT2D eigenvalue weighted by Gasteiger charge is 2.33. The fraction of sp³-hybridized carbons (Fsp3) is 0.409. The fourth-order valence-corrected chi connectivity index (χ4v) is 4.23. The number of hydrogen-bond donors (Lipinski definition) is 0. The Labute approximate surface area is 164 Å². The van der Waals surface area contributed by atoms with Crippen LogP contribution in [0, 0.1) is 31.1 Å². The molecule has 1 aromatic carbocycles. The SMILES string of the molecule is Cc1c2c(n(C)c(=O)c1C)CN(C(=O)CC1CN(c3ccc(C#N)cc3)C1)C2. The zero-order valence-electron chi connectivity index (χ0n) is 16.5. The molecule has 28 heavy (non-hydrogen) atoms. The summed E-state index contributed by atoms with van der Waals surface area (Å²) in [6.45, 7) is 6.66. The Kier molecular flexibility index (Phi) is 4.46. The van der Waals surface area contributed by atoms with Crippen LogP contribution in [0.25, 0.3) is 0 Å². The average Bonchev–Trinajstić information content (AvgIpc) is 3.13. The van der Waals surface area contributed by atoms with Crippen molar-refractivity contribution in [1.82, 2.24) is 9.47 Å². The minimum absolute atomic E-state index is 0.0302. The van der Waals surface area contributed by atoms with Crippen LogP contribution in [-0.2, 0) is 24.9 Å². The number of carbonyl (C=O) groups is 1. The second kappa shape index (κ2) is 6.83. The molecular weight excluding hydrogens is 352 g/mol. The van der Waals surface area contributed by atoms with E-state index < -0.39 is 0 Å². The third-order valence-electron chi connectivity index (χ3n) is 6.22. The summed E-state index contributed by atoms with van der Waals surface area (Å²) < 4.78 is 1.70. The van der Waals surface area contributed by atoms with Gasteiger partial charge in [0.2, 0.25) is 5.91 Å². The molecule has 2 aliphatic rings. The molecule has 3 heterocycles. The van der Waals surface area contributed by atoms with Crippen LogP contribution in [0.15, 0.2) is 29.1 Å². The second-order valence-electron chi connectivity index (χ2n) is 7.92. The summed E-state index contributed by atoms with van der Waals surface area (Å²) in [5.74, 6) is 0.503. The molecule has 0 aliphatic carbocycles. The molecule has 0 unspecified atom stereocenters. The zero-order valence-corrected chi connectivity index (χ0v) is 16.5. The Hall–Kier alpha value is -3.07. The molecule has 2 aliphatic heterocycles. The number of benzene rings is 1. The number of pyridine rings is 1. The van der Waals surface area contributed by atoms with E-state index in [0.717, 1.165) is 41.2 Å². The maximum absolute atomic E-state index is 12.8. The van der Waals surface area contributed by atoms with Gasteiger partial charge in [-0.05, 0) is 49.2 Å². The molecule has 6 nitrogen and oxygen atoms in total. The quantitative estimate of drug-likeness (QED) is 0.824. The molecule has 1 fully saturated rings. The van der Waals surface area contributed by atoms with Gasteiger partial charge >= 0.3 is 0 Å². The van der Waals surface area contributed by atoms with E-state index in [1.54, 1.807) is 11.6 Å². The highest BCUT2D eigenvalue weighted by atomic mass is 16.2. The van der Waals surface area contributed by atoms with E-state index in [4.69, 9.17) is 5.26 Å². The van der Waals surface area contributed by atoms with Crippen molar-refractivity contribution >= 4 is 11.6 Å². The number of fused-ring (bicyclic) bond motifs is 1. The first-order valence-electron chi connectivity index (χ1n) is 9.60. The van der Waals surface area contributed by atoms with Gasteiger partial charge in [-0.3, -0.25) is 9.59 Å². The van der Waals surface area contributed by atoms with Crippen LogP contribution in [0.3, 0.4) is 0 Å². The van der Waals surface area contributed by atoms with E-state index in [0.29, 0.717) is 31.0 Å². The minimum atomic E-state index is 0.0302. The Morgan fingerprint density at radius 2 is 1.82 bits per heavy atom. The molecule has 0 N–H and O–H groups in total. The summed E-state index contributed by atoms with van der Waals surface area (Å²) in [4.78, 5) is 29.2. The van der Waals surface area contributed by atoms with E-state index >= 15 is 0 Å². The van der Waals surface area contributed by atoms with Crippen molar-refractivity contribution in [3.8, 4) is 6.07 Å². The number of hydrogen-bond acceptors (Lipinski definition) is 4. The zero-order chi connectivity index (χ0) is 20.0. The molecule has 1 aromatic heterocycles. The maximum Gasteiger partial charge on any atom is 0.253 e. The van der Waals surface area contributed by atoms with E-state index in [2.05, 4.69) is 11.0 Å². The van der Waals surface area contributed by atoms with Crippen LogP contribution in [0.5, 0.6) is 0 Å². The number of aromatic nitrogens is 1. The van der Waals surface area contributed by atoms with Crippen LogP contribution in [0.4, 0.5) is 5.69 Å². The van der Waals surface area contributed by atoms with Crippen LogP contribution in [0.2, 0.25) is 0 Å². The highest BCUT2D eigenvalue weighted by molar-refractivity contribution is 5.77. The maximum atomic E-state index is 12.8. The van der Waals surface area contributed by atoms with Crippen LogP contribution in [-0.4, -0.2) is 28.5 Å². The van der Waals surface area contributed by atoms with E-state index in [9.17, 15) is 9.59 Å². The summed E-state index contributed by atoms with van der Waals surface area (Å²) in [5.41, 5.74) is 5.66. The number of nitriles is 1. The third-order valence-corrected chi connectivity index (χ3v) is 6.22. The highest BCUT2D eigenvalue weighted by Crippen LogP contribution is 2.30. The second-order valence-corrected chi connectivity index (χ2v) is 7.92. The van der Waals surface area contributed by atoms with E-state index in [-0.39, 0.29) is 11.5 Å².